The lowest BCUT2D eigenvalue weighted by Gasteiger charge is -2.17. The van der Waals surface area contributed by atoms with E-state index in [1.807, 2.05) is 0 Å². The number of amides is 1. The van der Waals surface area contributed by atoms with Gasteiger partial charge >= 0.3 is 12.4 Å². The van der Waals surface area contributed by atoms with Crippen LogP contribution in [0.15, 0.2) is 71.6 Å². The van der Waals surface area contributed by atoms with Crippen LogP contribution >= 0.6 is 0 Å². The number of carbonyl (C=O) groups is 1. The summed E-state index contributed by atoms with van der Waals surface area (Å²) in [5.41, 5.74) is -4.97. The van der Waals surface area contributed by atoms with Crippen LogP contribution in [-0.2, 0) is 22.4 Å². The van der Waals surface area contributed by atoms with Crippen molar-refractivity contribution in [2.24, 2.45) is 0 Å². The predicted octanol–water partition coefficient (Wildman–Crippen LogP) is 5.92. The van der Waals surface area contributed by atoms with Gasteiger partial charge in [-0.15, -0.1) is 0 Å². The van der Waals surface area contributed by atoms with E-state index < -0.39 is 56.5 Å². The molecule has 0 aliphatic carbocycles. The molecule has 5 nitrogen and oxygen atoms in total. The first-order valence-corrected chi connectivity index (χ1v) is 10.6. The van der Waals surface area contributed by atoms with Crippen molar-refractivity contribution in [3.05, 3.63) is 89.2 Å². The monoisotopic (exact) mass is 506 g/mol. The van der Waals surface area contributed by atoms with Gasteiger partial charge in [0.15, 0.2) is 0 Å². The summed E-state index contributed by atoms with van der Waals surface area (Å²) in [6.07, 6.45) is -10.1. The lowest BCUT2D eigenvalue weighted by molar-refractivity contribution is -0.140. The Morgan fingerprint density at radius 1 is 0.765 bits per heavy atom. The van der Waals surface area contributed by atoms with Crippen molar-refractivity contribution < 1.29 is 43.9 Å². The highest BCUT2D eigenvalue weighted by atomic mass is 32.2. The van der Waals surface area contributed by atoms with Gasteiger partial charge in [-0.1, -0.05) is 12.1 Å². The van der Waals surface area contributed by atoms with Crippen LogP contribution in [-0.4, -0.2) is 14.3 Å². The van der Waals surface area contributed by atoms with Crippen LogP contribution < -0.4 is 10.0 Å². The molecule has 3 rings (SSSR count). The van der Waals surface area contributed by atoms with E-state index in [1.54, 1.807) is 5.32 Å². The van der Waals surface area contributed by atoms with Crippen LogP contribution in [0.3, 0.4) is 0 Å². The van der Waals surface area contributed by atoms with Crippen molar-refractivity contribution in [2.75, 3.05) is 10.0 Å². The number of hydrogen-bond acceptors (Lipinski definition) is 3. The molecule has 13 heteroatoms. The zero-order chi connectivity index (χ0) is 25.3. The smallest absolute Gasteiger partial charge is 0.321 e. The van der Waals surface area contributed by atoms with Gasteiger partial charge in [-0.3, -0.25) is 9.52 Å². The first-order valence-electron chi connectivity index (χ1n) is 9.16. The molecule has 0 fully saturated rings. The second-order valence-corrected chi connectivity index (χ2v) is 8.50. The molecule has 34 heavy (non-hydrogen) atoms. The molecular weight excluding hydrogens is 493 g/mol. The standard InChI is InChI=1S/C21H13F7N2O3S/c22-13-6-8-14(9-7-13)34(32,33)30-17-4-2-1-3-15(17)19(31)29-18-11-12(20(23,24)25)5-10-16(18)21(26,27)28/h1-11,30H,(H,29,31). The average molecular weight is 506 g/mol. The number of benzene rings is 3. The maximum Gasteiger partial charge on any atom is 0.418 e. The molecule has 3 aromatic rings. The highest BCUT2D eigenvalue weighted by molar-refractivity contribution is 7.92. The average Bonchev–Trinajstić information content (AvgIpc) is 2.72. The summed E-state index contributed by atoms with van der Waals surface area (Å²) in [5, 5.41) is 1.78. The summed E-state index contributed by atoms with van der Waals surface area (Å²) >= 11 is 0. The number of halogens is 7. The maximum absolute atomic E-state index is 13.3. The van der Waals surface area contributed by atoms with Crippen molar-refractivity contribution >= 4 is 27.3 Å². The van der Waals surface area contributed by atoms with Crippen molar-refractivity contribution in [1.82, 2.24) is 0 Å². The van der Waals surface area contributed by atoms with Crippen LogP contribution in [0.1, 0.15) is 21.5 Å². The van der Waals surface area contributed by atoms with E-state index in [1.165, 1.54) is 12.1 Å². The summed E-state index contributed by atoms with van der Waals surface area (Å²) in [5.74, 6) is -2.01. The van der Waals surface area contributed by atoms with E-state index in [0.717, 1.165) is 36.4 Å². The molecule has 0 saturated carbocycles. The SMILES string of the molecule is O=C(Nc1cc(C(F)(F)F)ccc1C(F)(F)F)c1ccccc1NS(=O)(=O)c1ccc(F)cc1. The van der Waals surface area contributed by atoms with Crippen LogP contribution in [0, 0.1) is 5.82 Å². The van der Waals surface area contributed by atoms with E-state index in [0.29, 0.717) is 0 Å². The van der Waals surface area contributed by atoms with Crippen molar-refractivity contribution in [2.45, 2.75) is 17.2 Å². The van der Waals surface area contributed by atoms with Crippen LogP contribution in [0.2, 0.25) is 0 Å². The molecule has 0 spiro atoms. The molecule has 0 aliphatic rings. The Hall–Kier alpha value is -3.61. The Bertz CT molecular complexity index is 1320. The lowest BCUT2D eigenvalue weighted by Crippen LogP contribution is -2.21. The number of hydrogen-bond donors (Lipinski definition) is 2. The van der Waals surface area contributed by atoms with Gasteiger partial charge in [0.2, 0.25) is 0 Å². The molecule has 0 atom stereocenters. The number of sulfonamides is 1. The second-order valence-electron chi connectivity index (χ2n) is 6.82. The van der Waals surface area contributed by atoms with Gasteiger partial charge in [-0.05, 0) is 54.6 Å². The van der Waals surface area contributed by atoms with Crippen molar-refractivity contribution in [3.8, 4) is 0 Å². The van der Waals surface area contributed by atoms with E-state index in [-0.39, 0.29) is 28.8 Å². The first kappa shape index (κ1) is 25.0. The largest absolute Gasteiger partial charge is 0.418 e. The van der Waals surface area contributed by atoms with Gasteiger partial charge in [0, 0.05) is 0 Å². The third kappa shape index (κ3) is 5.65. The predicted molar refractivity (Wildman–Crippen MR) is 108 cm³/mol. The molecule has 1 amide bonds. The Morgan fingerprint density at radius 2 is 1.38 bits per heavy atom. The van der Waals surface area contributed by atoms with Crippen molar-refractivity contribution in [1.29, 1.82) is 0 Å². The van der Waals surface area contributed by atoms with E-state index in [9.17, 15) is 43.9 Å². The maximum atomic E-state index is 13.3. The molecule has 180 valence electrons. The van der Waals surface area contributed by atoms with Crippen molar-refractivity contribution in [3.63, 3.8) is 0 Å². The number of anilines is 2. The zero-order valence-electron chi connectivity index (χ0n) is 16.6. The number of para-hydroxylation sites is 1. The molecule has 0 unspecified atom stereocenters. The third-order valence-corrected chi connectivity index (χ3v) is 5.82. The minimum absolute atomic E-state index is 0.131. The molecule has 0 heterocycles. The van der Waals surface area contributed by atoms with Crippen LogP contribution in [0.5, 0.6) is 0 Å². The topological polar surface area (TPSA) is 75.3 Å². The van der Waals surface area contributed by atoms with Crippen LogP contribution in [0.4, 0.5) is 42.1 Å². The summed E-state index contributed by atoms with van der Waals surface area (Å²) in [4.78, 5) is 12.3. The first-order chi connectivity index (χ1) is 15.7. The summed E-state index contributed by atoms with van der Waals surface area (Å²) in [6, 6.07) is 8.92. The van der Waals surface area contributed by atoms with Gasteiger partial charge in [-0.2, -0.15) is 26.3 Å². The minimum Gasteiger partial charge on any atom is -0.321 e. The Kier molecular flexibility index (Phi) is 6.60. The summed E-state index contributed by atoms with van der Waals surface area (Å²) in [7, 11) is -4.34. The molecule has 3 aromatic carbocycles. The number of carbonyl (C=O) groups excluding carboxylic acids is 1. The fourth-order valence-corrected chi connectivity index (χ4v) is 3.93. The van der Waals surface area contributed by atoms with E-state index in [2.05, 4.69) is 4.72 Å². The fourth-order valence-electron chi connectivity index (χ4n) is 2.85. The van der Waals surface area contributed by atoms with Gasteiger partial charge in [0.25, 0.3) is 15.9 Å². The normalized spacial score (nSPS) is 12.3. The summed E-state index contributed by atoms with van der Waals surface area (Å²) in [6.45, 7) is 0. The highest BCUT2D eigenvalue weighted by Gasteiger charge is 2.37. The Balaban J connectivity index is 1.98. The molecule has 0 saturated heterocycles. The van der Waals surface area contributed by atoms with Gasteiger partial charge < -0.3 is 5.32 Å². The number of alkyl halides is 6. The number of nitrogens with one attached hydrogen (secondary N) is 2. The zero-order valence-corrected chi connectivity index (χ0v) is 17.4. The van der Waals surface area contributed by atoms with Crippen LogP contribution in [0.25, 0.3) is 0 Å². The Morgan fingerprint density at radius 3 is 1.97 bits per heavy atom. The third-order valence-electron chi connectivity index (χ3n) is 4.44. The second kappa shape index (κ2) is 8.97. The quantitative estimate of drug-likeness (QED) is 0.422. The fraction of sp³-hybridized carbons (Fsp3) is 0.0952. The highest BCUT2D eigenvalue weighted by Crippen LogP contribution is 2.39. The van der Waals surface area contributed by atoms with E-state index in [4.69, 9.17) is 0 Å². The molecule has 0 bridgehead atoms. The molecule has 0 aliphatic heterocycles. The summed E-state index contributed by atoms with van der Waals surface area (Å²) < 4.78 is 119. The van der Waals surface area contributed by atoms with Gasteiger partial charge in [0.05, 0.1) is 33.0 Å². The Labute approximate surface area is 188 Å². The molecule has 0 aromatic heterocycles. The molecule has 0 radical (unpaired) electrons. The molecular formula is C21H13F7N2O3S. The van der Waals surface area contributed by atoms with E-state index >= 15 is 0 Å². The van der Waals surface area contributed by atoms with Gasteiger partial charge in [0.1, 0.15) is 5.82 Å². The molecule has 2 N–H and O–H groups in total. The minimum atomic E-state index is -5.09. The lowest BCUT2D eigenvalue weighted by atomic mass is 10.1. The van der Waals surface area contributed by atoms with Gasteiger partial charge in [-0.25, -0.2) is 12.8 Å². The number of rotatable bonds is 5.